The van der Waals surface area contributed by atoms with Gasteiger partial charge in [-0.3, -0.25) is 0 Å². The second-order valence-electron chi connectivity index (χ2n) is 3.65. The molecule has 84 valence electrons. The Bertz CT molecular complexity index is 286. The average molecular weight is 207 g/mol. The van der Waals surface area contributed by atoms with E-state index in [9.17, 15) is 0 Å². The maximum atomic E-state index is 5.21. The molecule has 0 heterocycles. The van der Waals surface area contributed by atoms with Gasteiger partial charge in [-0.05, 0) is 25.0 Å². The fourth-order valence-electron chi connectivity index (χ4n) is 1.79. The summed E-state index contributed by atoms with van der Waals surface area (Å²) in [5.74, 6) is 0. The summed E-state index contributed by atoms with van der Waals surface area (Å²) in [7, 11) is 1.74. The van der Waals surface area contributed by atoms with E-state index in [-0.39, 0.29) is 0 Å². The minimum atomic E-state index is 0.664. The first-order valence-corrected chi connectivity index (χ1v) is 5.65. The third-order valence-electron chi connectivity index (χ3n) is 2.52. The van der Waals surface area contributed by atoms with Crippen LogP contribution < -0.4 is 4.90 Å². The normalized spacial score (nSPS) is 10.3. The molecule has 0 radical (unpaired) electrons. The summed E-state index contributed by atoms with van der Waals surface area (Å²) in [4.78, 5) is 2.25. The fraction of sp³-hybridized carbons (Fsp3) is 0.538. The highest BCUT2D eigenvalue weighted by molar-refractivity contribution is 5.53. The molecule has 2 heteroatoms. The summed E-state index contributed by atoms with van der Waals surface area (Å²) in [6.07, 6.45) is 2.32. The molecule has 0 fully saturated rings. The van der Waals surface area contributed by atoms with Crippen LogP contribution in [0.3, 0.4) is 0 Å². The van der Waals surface area contributed by atoms with Gasteiger partial charge in [0, 0.05) is 19.3 Å². The van der Waals surface area contributed by atoms with Crippen LogP contribution in [0.4, 0.5) is 5.69 Å². The van der Waals surface area contributed by atoms with E-state index in [0.717, 1.165) is 13.0 Å². The molecule has 1 aromatic rings. The molecular formula is C13H21NO. The second kappa shape index (κ2) is 6.46. The van der Waals surface area contributed by atoms with Gasteiger partial charge in [0.2, 0.25) is 0 Å². The number of nitrogens with zero attached hydrogens (tertiary/aromatic N) is 1. The van der Waals surface area contributed by atoms with Crippen LogP contribution in [-0.4, -0.2) is 20.4 Å². The van der Waals surface area contributed by atoms with E-state index in [1.54, 1.807) is 7.11 Å². The molecule has 0 bridgehead atoms. The van der Waals surface area contributed by atoms with Crippen LogP contribution in [0.2, 0.25) is 0 Å². The molecule has 0 amide bonds. The Morgan fingerprint density at radius 1 is 1.20 bits per heavy atom. The molecule has 0 N–H and O–H groups in total. The van der Waals surface area contributed by atoms with Crippen LogP contribution in [0.5, 0.6) is 0 Å². The molecule has 0 aliphatic heterocycles. The number of para-hydroxylation sites is 1. The largest absolute Gasteiger partial charge is 0.364 e. The highest BCUT2D eigenvalue weighted by Crippen LogP contribution is 2.21. The van der Waals surface area contributed by atoms with E-state index in [4.69, 9.17) is 4.74 Å². The maximum Gasteiger partial charge on any atom is 0.118 e. The maximum absolute atomic E-state index is 5.21. The van der Waals surface area contributed by atoms with E-state index in [2.05, 4.69) is 43.0 Å². The van der Waals surface area contributed by atoms with Gasteiger partial charge in [-0.25, -0.2) is 0 Å². The Morgan fingerprint density at radius 2 is 1.93 bits per heavy atom. The summed E-state index contributed by atoms with van der Waals surface area (Å²) in [6, 6.07) is 8.58. The number of aryl methyl sites for hydroxylation is 1. The minimum absolute atomic E-state index is 0.664. The van der Waals surface area contributed by atoms with Gasteiger partial charge in [-0.15, -0.1) is 0 Å². The van der Waals surface area contributed by atoms with Crippen molar-refractivity contribution in [3.8, 4) is 0 Å². The molecule has 0 aliphatic carbocycles. The van der Waals surface area contributed by atoms with Crippen molar-refractivity contribution in [2.24, 2.45) is 0 Å². The summed E-state index contributed by atoms with van der Waals surface area (Å²) >= 11 is 0. The highest BCUT2D eigenvalue weighted by atomic mass is 16.5. The summed E-state index contributed by atoms with van der Waals surface area (Å²) in [6.45, 7) is 6.01. The molecule has 0 aliphatic rings. The van der Waals surface area contributed by atoms with Crippen molar-refractivity contribution in [2.45, 2.75) is 26.7 Å². The lowest BCUT2D eigenvalue weighted by molar-refractivity contribution is 0.198. The Kier molecular flexibility index (Phi) is 5.19. The van der Waals surface area contributed by atoms with Crippen molar-refractivity contribution in [1.82, 2.24) is 0 Å². The second-order valence-corrected chi connectivity index (χ2v) is 3.65. The molecule has 1 aromatic carbocycles. The van der Waals surface area contributed by atoms with E-state index < -0.39 is 0 Å². The monoisotopic (exact) mass is 207 g/mol. The van der Waals surface area contributed by atoms with Crippen LogP contribution in [0.15, 0.2) is 24.3 Å². The van der Waals surface area contributed by atoms with Crippen molar-refractivity contribution >= 4 is 5.69 Å². The molecular weight excluding hydrogens is 186 g/mol. The molecule has 1 rings (SSSR count). The number of benzene rings is 1. The van der Waals surface area contributed by atoms with Crippen molar-refractivity contribution in [2.75, 3.05) is 25.3 Å². The zero-order valence-electron chi connectivity index (χ0n) is 9.99. The Balaban J connectivity index is 2.88. The Hall–Kier alpha value is -1.02. The lowest BCUT2D eigenvalue weighted by Crippen LogP contribution is -2.26. The summed E-state index contributed by atoms with van der Waals surface area (Å²) in [5, 5.41) is 0. The Labute approximate surface area is 92.9 Å². The molecule has 0 saturated carbocycles. The smallest absolute Gasteiger partial charge is 0.118 e. The van der Waals surface area contributed by atoms with Gasteiger partial charge >= 0.3 is 0 Å². The predicted molar refractivity (Wildman–Crippen MR) is 65.3 cm³/mol. The van der Waals surface area contributed by atoms with E-state index >= 15 is 0 Å². The molecule has 0 atom stereocenters. The highest BCUT2D eigenvalue weighted by Gasteiger charge is 2.07. The van der Waals surface area contributed by atoms with Crippen LogP contribution in [0.25, 0.3) is 0 Å². The number of hydrogen-bond acceptors (Lipinski definition) is 2. The minimum Gasteiger partial charge on any atom is -0.364 e. The lowest BCUT2D eigenvalue weighted by Gasteiger charge is -2.24. The van der Waals surface area contributed by atoms with Crippen molar-refractivity contribution in [3.05, 3.63) is 29.8 Å². The molecule has 0 aromatic heterocycles. The van der Waals surface area contributed by atoms with Gasteiger partial charge in [0.1, 0.15) is 6.73 Å². The van der Waals surface area contributed by atoms with Gasteiger partial charge in [0.25, 0.3) is 0 Å². The van der Waals surface area contributed by atoms with Crippen molar-refractivity contribution < 1.29 is 4.74 Å². The summed E-state index contributed by atoms with van der Waals surface area (Å²) in [5.41, 5.74) is 2.72. The fourth-order valence-corrected chi connectivity index (χ4v) is 1.79. The zero-order valence-corrected chi connectivity index (χ0v) is 9.99. The number of hydrogen-bond donors (Lipinski definition) is 0. The number of methoxy groups -OCH3 is 1. The van der Waals surface area contributed by atoms with E-state index in [0.29, 0.717) is 6.73 Å². The zero-order chi connectivity index (χ0) is 11.1. The van der Waals surface area contributed by atoms with E-state index in [1.165, 1.54) is 17.7 Å². The van der Waals surface area contributed by atoms with Gasteiger partial charge in [-0.1, -0.05) is 31.5 Å². The lowest BCUT2D eigenvalue weighted by atomic mass is 10.1. The number of ether oxygens (including phenoxy) is 1. The first kappa shape index (κ1) is 12.1. The molecule has 0 spiro atoms. The van der Waals surface area contributed by atoms with Crippen LogP contribution in [0.1, 0.15) is 25.8 Å². The Morgan fingerprint density at radius 3 is 2.53 bits per heavy atom. The van der Waals surface area contributed by atoms with Crippen molar-refractivity contribution in [3.63, 3.8) is 0 Å². The number of anilines is 1. The van der Waals surface area contributed by atoms with Crippen LogP contribution in [-0.2, 0) is 11.2 Å². The SMILES string of the molecule is CCCc1ccccc1N(CC)COC. The van der Waals surface area contributed by atoms with Crippen molar-refractivity contribution in [1.29, 1.82) is 0 Å². The van der Waals surface area contributed by atoms with Gasteiger partial charge < -0.3 is 9.64 Å². The predicted octanol–water partition coefficient (Wildman–Crippen LogP) is 3.07. The quantitative estimate of drug-likeness (QED) is 0.665. The average Bonchev–Trinajstić information content (AvgIpc) is 2.27. The standard InChI is InChI=1S/C13H21NO/c1-4-8-12-9-6-7-10-13(12)14(5-2)11-15-3/h6-7,9-10H,4-5,8,11H2,1-3H3. The third kappa shape index (κ3) is 3.24. The van der Waals surface area contributed by atoms with Crippen LogP contribution in [0, 0.1) is 0 Å². The topological polar surface area (TPSA) is 12.5 Å². The van der Waals surface area contributed by atoms with Crippen LogP contribution >= 0.6 is 0 Å². The molecule has 0 unspecified atom stereocenters. The third-order valence-corrected chi connectivity index (χ3v) is 2.52. The molecule has 0 saturated heterocycles. The summed E-state index contributed by atoms with van der Waals surface area (Å²) < 4.78 is 5.21. The van der Waals surface area contributed by atoms with Gasteiger partial charge in [-0.2, -0.15) is 0 Å². The van der Waals surface area contributed by atoms with Gasteiger partial charge in [0.15, 0.2) is 0 Å². The first-order valence-electron chi connectivity index (χ1n) is 5.65. The molecule has 15 heavy (non-hydrogen) atoms. The van der Waals surface area contributed by atoms with Gasteiger partial charge in [0.05, 0.1) is 0 Å². The molecule has 2 nitrogen and oxygen atoms in total. The first-order chi connectivity index (χ1) is 7.33. The number of rotatable bonds is 6. The van der Waals surface area contributed by atoms with E-state index in [1.807, 2.05) is 0 Å².